The third-order valence-corrected chi connectivity index (χ3v) is 3.77. The molecule has 1 saturated heterocycles. The first kappa shape index (κ1) is 13.3. The number of nitrogens with two attached hydrogens (primary N) is 1. The fourth-order valence-corrected chi connectivity index (χ4v) is 2.64. The van der Waals surface area contributed by atoms with Gasteiger partial charge in [-0.05, 0) is 18.6 Å². The first-order valence-electron chi connectivity index (χ1n) is 6.18. The van der Waals surface area contributed by atoms with Crippen LogP contribution in [0.25, 0.3) is 10.9 Å². The van der Waals surface area contributed by atoms with Gasteiger partial charge in [-0.2, -0.15) is 0 Å². The SMILES string of the molecule is N[C@@H]1CCN(C(=O)c2cc3cc(Cl)c(F)c(F)c3[nH]2)C1. The molecule has 2 aromatic rings. The van der Waals surface area contributed by atoms with Crippen molar-refractivity contribution in [2.24, 2.45) is 5.73 Å². The lowest BCUT2D eigenvalue weighted by Crippen LogP contribution is -2.32. The zero-order valence-corrected chi connectivity index (χ0v) is 11.2. The monoisotopic (exact) mass is 299 g/mol. The molecule has 0 unspecified atom stereocenters. The number of halogens is 3. The summed E-state index contributed by atoms with van der Waals surface area (Å²) in [6, 6.07) is 2.72. The van der Waals surface area contributed by atoms with Crippen molar-refractivity contribution in [3.63, 3.8) is 0 Å². The van der Waals surface area contributed by atoms with E-state index < -0.39 is 11.6 Å². The van der Waals surface area contributed by atoms with Gasteiger partial charge in [0.25, 0.3) is 5.91 Å². The summed E-state index contributed by atoms with van der Waals surface area (Å²) >= 11 is 5.59. The van der Waals surface area contributed by atoms with Crippen LogP contribution in [0.15, 0.2) is 12.1 Å². The van der Waals surface area contributed by atoms with Crippen LogP contribution in [0, 0.1) is 11.6 Å². The van der Waals surface area contributed by atoms with Crippen molar-refractivity contribution in [3.8, 4) is 0 Å². The molecule has 3 rings (SSSR count). The average Bonchev–Trinajstić information content (AvgIpc) is 3.02. The fraction of sp³-hybridized carbons (Fsp3) is 0.308. The molecule has 1 aliphatic rings. The Morgan fingerprint density at radius 2 is 2.15 bits per heavy atom. The number of amides is 1. The second-order valence-electron chi connectivity index (χ2n) is 4.93. The molecule has 106 valence electrons. The van der Waals surface area contributed by atoms with Crippen LogP contribution in [0.2, 0.25) is 5.02 Å². The van der Waals surface area contributed by atoms with Gasteiger partial charge >= 0.3 is 0 Å². The van der Waals surface area contributed by atoms with Crippen molar-refractivity contribution >= 4 is 28.4 Å². The molecule has 0 spiro atoms. The Balaban J connectivity index is 2.01. The number of benzene rings is 1. The van der Waals surface area contributed by atoms with Gasteiger partial charge in [-0.15, -0.1) is 0 Å². The Morgan fingerprint density at radius 1 is 1.40 bits per heavy atom. The first-order chi connectivity index (χ1) is 9.47. The lowest BCUT2D eigenvalue weighted by atomic mass is 10.2. The molecule has 3 N–H and O–H groups in total. The number of hydrogen-bond donors (Lipinski definition) is 2. The number of aromatic amines is 1. The van der Waals surface area contributed by atoms with Crippen molar-refractivity contribution in [2.75, 3.05) is 13.1 Å². The fourth-order valence-electron chi connectivity index (χ4n) is 2.44. The summed E-state index contributed by atoms with van der Waals surface area (Å²) in [5, 5.41) is 0.0527. The molecule has 1 aromatic heterocycles. The molecular weight excluding hydrogens is 288 g/mol. The second kappa shape index (κ2) is 4.71. The molecule has 0 bridgehead atoms. The van der Waals surface area contributed by atoms with Crippen LogP contribution in [0.4, 0.5) is 8.78 Å². The molecule has 1 aromatic carbocycles. The summed E-state index contributed by atoms with van der Waals surface area (Å²) in [5.74, 6) is -2.47. The number of carbonyl (C=O) groups is 1. The largest absolute Gasteiger partial charge is 0.348 e. The average molecular weight is 300 g/mol. The third-order valence-electron chi connectivity index (χ3n) is 3.49. The molecule has 0 aliphatic carbocycles. The number of nitrogens with one attached hydrogen (secondary N) is 1. The molecule has 0 radical (unpaired) electrons. The molecule has 2 heterocycles. The number of rotatable bonds is 1. The molecule has 0 saturated carbocycles. The number of likely N-dealkylation sites (tertiary alicyclic amines) is 1. The van der Waals surface area contributed by atoms with Crippen LogP contribution in [-0.2, 0) is 0 Å². The highest BCUT2D eigenvalue weighted by atomic mass is 35.5. The van der Waals surface area contributed by atoms with Crippen molar-refractivity contribution in [1.29, 1.82) is 0 Å². The number of fused-ring (bicyclic) bond motifs is 1. The molecule has 1 amide bonds. The third kappa shape index (κ3) is 2.05. The van der Waals surface area contributed by atoms with Crippen molar-refractivity contribution in [2.45, 2.75) is 12.5 Å². The van der Waals surface area contributed by atoms with Gasteiger partial charge in [0.05, 0.1) is 10.5 Å². The molecule has 1 aliphatic heterocycles. The van der Waals surface area contributed by atoms with E-state index in [0.29, 0.717) is 18.5 Å². The lowest BCUT2D eigenvalue weighted by Gasteiger charge is -2.14. The van der Waals surface area contributed by atoms with Gasteiger partial charge in [0.1, 0.15) is 5.69 Å². The summed E-state index contributed by atoms with van der Waals surface area (Å²) < 4.78 is 27.1. The predicted octanol–water partition coefficient (Wildman–Crippen LogP) is 2.27. The van der Waals surface area contributed by atoms with Crippen LogP contribution >= 0.6 is 11.6 Å². The summed E-state index contributed by atoms with van der Waals surface area (Å²) in [5.41, 5.74) is 5.90. The van der Waals surface area contributed by atoms with Crippen LogP contribution in [0.1, 0.15) is 16.9 Å². The van der Waals surface area contributed by atoms with Crippen molar-refractivity contribution in [3.05, 3.63) is 34.5 Å². The minimum Gasteiger partial charge on any atom is -0.348 e. The van der Waals surface area contributed by atoms with E-state index >= 15 is 0 Å². The van der Waals surface area contributed by atoms with Gasteiger partial charge in [0, 0.05) is 24.5 Å². The highest BCUT2D eigenvalue weighted by Crippen LogP contribution is 2.27. The number of nitrogens with zero attached hydrogens (tertiary/aromatic N) is 1. The Morgan fingerprint density at radius 3 is 2.80 bits per heavy atom. The van der Waals surface area contributed by atoms with Gasteiger partial charge < -0.3 is 15.6 Å². The van der Waals surface area contributed by atoms with E-state index in [2.05, 4.69) is 4.98 Å². The maximum atomic E-state index is 13.7. The maximum Gasteiger partial charge on any atom is 0.270 e. The standard InChI is InChI=1S/C13H12ClF2N3O/c14-8-3-6-4-9(18-12(6)11(16)10(8)15)13(20)19-2-1-7(17)5-19/h3-4,7,18H,1-2,5,17H2/t7-/m1/s1. The number of hydrogen-bond acceptors (Lipinski definition) is 2. The Labute approximate surface area is 118 Å². The maximum absolute atomic E-state index is 13.7. The molecule has 20 heavy (non-hydrogen) atoms. The summed E-state index contributed by atoms with van der Waals surface area (Å²) in [4.78, 5) is 16.4. The van der Waals surface area contributed by atoms with Gasteiger partial charge in [0.15, 0.2) is 11.6 Å². The zero-order chi connectivity index (χ0) is 14.4. The van der Waals surface area contributed by atoms with E-state index in [1.165, 1.54) is 12.1 Å². The summed E-state index contributed by atoms with van der Waals surface area (Å²) in [6.45, 7) is 1.03. The lowest BCUT2D eigenvalue weighted by molar-refractivity contribution is 0.0786. The predicted molar refractivity (Wildman–Crippen MR) is 71.7 cm³/mol. The van der Waals surface area contributed by atoms with Crippen LogP contribution in [0.5, 0.6) is 0 Å². The van der Waals surface area contributed by atoms with E-state index in [1.54, 1.807) is 4.90 Å². The van der Waals surface area contributed by atoms with Gasteiger partial charge in [-0.25, -0.2) is 8.78 Å². The number of carbonyl (C=O) groups excluding carboxylic acids is 1. The normalized spacial score (nSPS) is 19.0. The number of H-pyrrole nitrogens is 1. The number of aromatic nitrogens is 1. The second-order valence-corrected chi connectivity index (χ2v) is 5.34. The first-order valence-corrected chi connectivity index (χ1v) is 6.56. The molecule has 4 nitrogen and oxygen atoms in total. The summed E-state index contributed by atoms with van der Waals surface area (Å²) in [7, 11) is 0. The van der Waals surface area contributed by atoms with E-state index in [9.17, 15) is 13.6 Å². The highest BCUT2D eigenvalue weighted by molar-refractivity contribution is 6.31. The molecule has 7 heteroatoms. The highest BCUT2D eigenvalue weighted by Gasteiger charge is 2.26. The topological polar surface area (TPSA) is 62.1 Å². The zero-order valence-electron chi connectivity index (χ0n) is 10.4. The van der Waals surface area contributed by atoms with Gasteiger partial charge in [0.2, 0.25) is 0 Å². The summed E-state index contributed by atoms with van der Waals surface area (Å²) in [6.07, 6.45) is 0.737. The molecule has 1 atom stereocenters. The minimum atomic E-state index is -1.12. The minimum absolute atomic E-state index is 0.0352. The quantitative estimate of drug-likeness (QED) is 0.794. The van der Waals surface area contributed by atoms with E-state index in [1.807, 2.05) is 0 Å². The van der Waals surface area contributed by atoms with Crippen LogP contribution in [-0.4, -0.2) is 34.9 Å². The Bertz CT molecular complexity index is 700. The van der Waals surface area contributed by atoms with E-state index in [0.717, 1.165) is 6.42 Å². The van der Waals surface area contributed by atoms with E-state index in [4.69, 9.17) is 17.3 Å². The van der Waals surface area contributed by atoms with Gasteiger partial charge in [-0.1, -0.05) is 11.6 Å². The van der Waals surface area contributed by atoms with Gasteiger partial charge in [-0.3, -0.25) is 4.79 Å². The Kier molecular flexibility index (Phi) is 3.14. The van der Waals surface area contributed by atoms with Crippen LogP contribution < -0.4 is 5.73 Å². The van der Waals surface area contributed by atoms with Crippen molar-refractivity contribution in [1.82, 2.24) is 9.88 Å². The molecular formula is C13H12ClF2N3O. The Hall–Kier alpha value is -1.66. The van der Waals surface area contributed by atoms with Crippen LogP contribution in [0.3, 0.4) is 0 Å². The van der Waals surface area contributed by atoms with Crippen molar-refractivity contribution < 1.29 is 13.6 Å². The molecule has 1 fully saturated rings. The smallest absolute Gasteiger partial charge is 0.270 e. The van der Waals surface area contributed by atoms with E-state index in [-0.39, 0.29) is 28.2 Å².